The maximum atomic E-state index is 14.1. The Morgan fingerprint density at radius 3 is 2.84 bits per heavy atom. The fourth-order valence-electron chi connectivity index (χ4n) is 1.83. The summed E-state index contributed by atoms with van der Waals surface area (Å²) in [5, 5.41) is 3.22. The van der Waals surface area contributed by atoms with Crippen molar-refractivity contribution in [2.45, 2.75) is 20.3 Å². The molecule has 1 heterocycles. The first-order chi connectivity index (χ1) is 9.15. The van der Waals surface area contributed by atoms with Gasteiger partial charge in [-0.25, -0.2) is 14.4 Å². The third kappa shape index (κ3) is 2.92. The number of nitrogens with zero attached hydrogens (tertiary/aromatic N) is 2. The second-order valence-corrected chi connectivity index (χ2v) is 5.08. The summed E-state index contributed by atoms with van der Waals surface area (Å²) in [7, 11) is 0. The zero-order chi connectivity index (χ0) is 13.8. The SMILES string of the molecule is CCCNc1ncnc(-c2cccc(Br)c2F)c1C. The van der Waals surface area contributed by atoms with E-state index in [9.17, 15) is 4.39 Å². The molecule has 100 valence electrons. The topological polar surface area (TPSA) is 37.8 Å². The number of hydrogen-bond donors (Lipinski definition) is 1. The first-order valence-corrected chi connectivity index (χ1v) is 6.94. The molecule has 5 heteroatoms. The number of aromatic nitrogens is 2. The van der Waals surface area contributed by atoms with Gasteiger partial charge in [-0.05, 0) is 41.4 Å². The first-order valence-electron chi connectivity index (χ1n) is 6.15. The average Bonchev–Trinajstić information content (AvgIpc) is 2.41. The minimum Gasteiger partial charge on any atom is -0.370 e. The van der Waals surface area contributed by atoms with Crippen molar-refractivity contribution >= 4 is 21.7 Å². The van der Waals surface area contributed by atoms with Gasteiger partial charge in [0.2, 0.25) is 0 Å². The molecule has 0 fully saturated rings. The van der Waals surface area contributed by atoms with Crippen LogP contribution >= 0.6 is 15.9 Å². The molecule has 1 N–H and O–H groups in total. The van der Waals surface area contributed by atoms with Crippen LogP contribution in [0.3, 0.4) is 0 Å². The van der Waals surface area contributed by atoms with Crippen LogP contribution < -0.4 is 5.32 Å². The van der Waals surface area contributed by atoms with Gasteiger partial charge in [0.15, 0.2) is 0 Å². The van der Waals surface area contributed by atoms with Crippen LogP contribution in [0.1, 0.15) is 18.9 Å². The molecule has 0 saturated heterocycles. The van der Waals surface area contributed by atoms with E-state index in [2.05, 4.69) is 38.1 Å². The van der Waals surface area contributed by atoms with Crippen molar-refractivity contribution in [2.24, 2.45) is 0 Å². The molecule has 2 aromatic rings. The number of halogens is 2. The first kappa shape index (κ1) is 13.9. The van der Waals surface area contributed by atoms with E-state index in [1.54, 1.807) is 18.2 Å². The molecule has 3 nitrogen and oxygen atoms in total. The summed E-state index contributed by atoms with van der Waals surface area (Å²) in [6.07, 6.45) is 2.46. The average molecular weight is 324 g/mol. The third-order valence-corrected chi connectivity index (χ3v) is 3.45. The van der Waals surface area contributed by atoms with Gasteiger partial charge in [-0.2, -0.15) is 0 Å². The third-order valence-electron chi connectivity index (χ3n) is 2.83. The minimum absolute atomic E-state index is 0.300. The monoisotopic (exact) mass is 323 g/mol. The van der Waals surface area contributed by atoms with Crippen molar-refractivity contribution in [3.63, 3.8) is 0 Å². The summed E-state index contributed by atoms with van der Waals surface area (Å²) in [6.45, 7) is 4.81. The van der Waals surface area contributed by atoms with Crippen molar-refractivity contribution in [1.29, 1.82) is 0 Å². The van der Waals surface area contributed by atoms with E-state index in [-0.39, 0.29) is 5.82 Å². The molecule has 0 unspecified atom stereocenters. The molecular weight excluding hydrogens is 309 g/mol. The quantitative estimate of drug-likeness (QED) is 0.917. The molecule has 19 heavy (non-hydrogen) atoms. The van der Waals surface area contributed by atoms with Gasteiger partial charge in [0.1, 0.15) is 18.0 Å². The van der Waals surface area contributed by atoms with Crippen LogP contribution in [0.25, 0.3) is 11.3 Å². The highest BCUT2D eigenvalue weighted by molar-refractivity contribution is 9.10. The smallest absolute Gasteiger partial charge is 0.146 e. The summed E-state index contributed by atoms with van der Waals surface area (Å²) in [5.41, 5.74) is 1.95. The molecule has 1 aromatic heterocycles. The molecule has 0 bridgehead atoms. The van der Waals surface area contributed by atoms with E-state index < -0.39 is 0 Å². The standard InChI is InChI=1S/C14H15BrFN3/c1-3-7-17-14-9(2)13(18-8-19-14)10-5-4-6-11(15)12(10)16/h4-6,8H,3,7H2,1-2H3,(H,17,18,19). The van der Waals surface area contributed by atoms with Gasteiger partial charge in [-0.1, -0.05) is 13.0 Å². The molecule has 1 aromatic carbocycles. The Morgan fingerprint density at radius 2 is 2.11 bits per heavy atom. The number of benzene rings is 1. The predicted molar refractivity (Wildman–Crippen MR) is 78.6 cm³/mol. The van der Waals surface area contributed by atoms with Gasteiger partial charge in [-0.3, -0.25) is 0 Å². The van der Waals surface area contributed by atoms with Crippen molar-refractivity contribution in [3.05, 3.63) is 40.4 Å². The Bertz CT molecular complexity index is 587. The van der Waals surface area contributed by atoms with E-state index in [4.69, 9.17) is 0 Å². The molecule has 0 radical (unpaired) electrons. The fourth-order valence-corrected chi connectivity index (χ4v) is 2.20. The van der Waals surface area contributed by atoms with Crippen LogP contribution in [0.5, 0.6) is 0 Å². The Labute approximate surface area is 120 Å². The second kappa shape index (κ2) is 6.10. The second-order valence-electron chi connectivity index (χ2n) is 4.22. The molecule has 0 amide bonds. The fraction of sp³-hybridized carbons (Fsp3) is 0.286. The Kier molecular flexibility index (Phi) is 4.47. The lowest BCUT2D eigenvalue weighted by Gasteiger charge is -2.11. The van der Waals surface area contributed by atoms with Gasteiger partial charge < -0.3 is 5.32 Å². The molecular formula is C14H15BrFN3. The zero-order valence-electron chi connectivity index (χ0n) is 10.9. The van der Waals surface area contributed by atoms with Crippen LogP contribution in [0.2, 0.25) is 0 Å². The van der Waals surface area contributed by atoms with E-state index in [1.165, 1.54) is 6.33 Å². The molecule has 0 spiro atoms. The largest absolute Gasteiger partial charge is 0.370 e. The van der Waals surface area contributed by atoms with Gasteiger partial charge >= 0.3 is 0 Å². The van der Waals surface area contributed by atoms with E-state index in [1.807, 2.05) is 6.92 Å². The lowest BCUT2D eigenvalue weighted by molar-refractivity contribution is 0.624. The summed E-state index contributed by atoms with van der Waals surface area (Å²) in [4.78, 5) is 8.40. The van der Waals surface area contributed by atoms with Gasteiger partial charge in [-0.15, -0.1) is 0 Å². The predicted octanol–water partition coefficient (Wildman–Crippen LogP) is 4.18. The van der Waals surface area contributed by atoms with E-state index >= 15 is 0 Å². The van der Waals surface area contributed by atoms with Crippen molar-refractivity contribution in [1.82, 2.24) is 9.97 Å². The highest BCUT2D eigenvalue weighted by atomic mass is 79.9. The highest BCUT2D eigenvalue weighted by Gasteiger charge is 2.14. The number of anilines is 1. The summed E-state index contributed by atoms with van der Waals surface area (Å²) in [5.74, 6) is 0.456. The zero-order valence-corrected chi connectivity index (χ0v) is 12.5. The Hall–Kier alpha value is -1.49. The van der Waals surface area contributed by atoms with Crippen LogP contribution in [0, 0.1) is 12.7 Å². The summed E-state index contributed by atoms with van der Waals surface area (Å²) in [6, 6.07) is 5.19. The summed E-state index contributed by atoms with van der Waals surface area (Å²) >= 11 is 3.19. The maximum Gasteiger partial charge on any atom is 0.146 e. The molecule has 0 atom stereocenters. The number of hydrogen-bond acceptors (Lipinski definition) is 3. The maximum absolute atomic E-state index is 14.1. The van der Waals surface area contributed by atoms with Gasteiger partial charge in [0, 0.05) is 17.7 Å². The van der Waals surface area contributed by atoms with Crippen LogP contribution in [-0.2, 0) is 0 Å². The van der Waals surface area contributed by atoms with Crippen molar-refractivity contribution < 1.29 is 4.39 Å². The molecule has 0 aliphatic carbocycles. The van der Waals surface area contributed by atoms with Crippen molar-refractivity contribution in [3.8, 4) is 11.3 Å². The Balaban J connectivity index is 2.48. The van der Waals surface area contributed by atoms with E-state index in [0.717, 1.165) is 24.3 Å². The lowest BCUT2D eigenvalue weighted by Crippen LogP contribution is -2.06. The van der Waals surface area contributed by atoms with Crippen molar-refractivity contribution in [2.75, 3.05) is 11.9 Å². The number of nitrogens with one attached hydrogen (secondary N) is 1. The molecule has 0 aliphatic heterocycles. The van der Waals surface area contributed by atoms with Crippen LogP contribution in [0.15, 0.2) is 29.0 Å². The lowest BCUT2D eigenvalue weighted by atomic mass is 10.1. The molecule has 0 aliphatic rings. The van der Waals surface area contributed by atoms with Gasteiger partial charge in [0.05, 0.1) is 10.2 Å². The normalized spacial score (nSPS) is 10.5. The minimum atomic E-state index is -0.300. The summed E-state index contributed by atoms with van der Waals surface area (Å²) < 4.78 is 14.6. The number of rotatable bonds is 4. The molecule has 0 saturated carbocycles. The Morgan fingerprint density at radius 1 is 1.32 bits per heavy atom. The van der Waals surface area contributed by atoms with Crippen LogP contribution in [-0.4, -0.2) is 16.5 Å². The van der Waals surface area contributed by atoms with E-state index in [0.29, 0.717) is 15.7 Å². The van der Waals surface area contributed by atoms with Gasteiger partial charge in [0.25, 0.3) is 0 Å². The molecule has 2 rings (SSSR count). The highest BCUT2D eigenvalue weighted by Crippen LogP contribution is 2.30. The van der Waals surface area contributed by atoms with Crippen LogP contribution in [0.4, 0.5) is 10.2 Å².